The van der Waals surface area contributed by atoms with Gasteiger partial charge in [0.1, 0.15) is 11.0 Å². The van der Waals surface area contributed by atoms with Crippen LogP contribution in [-0.4, -0.2) is 30.9 Å². The first kappa shape index (κ1) is 25.7. The smallest absolute Gasteiger partial charge is 0.406 e. The zero-order valence-corrected chi connectivity index (χ0v) is 20.2. The Hall–Kier alpha value is -2.92. The number of rotatable bonds is 8. The van der Waals surface area contributed by atoms with E-state index in [1.165, 1.54) is 24.3 Å². The summed E-state index contributed by atoms with van der Waals surface area (Å²) in [5.74, 6) is -1.11. The van der Waals surface area contributed by atoms with Gasteiger partial charge < -0.3 is 10.1 Å². The number of carbonyl (C=O) groups excluding carboxylic acids is 1. The van der Waals surface area contributed by atoms with Crippen LogP contribution in [0.5, 0.6) is 5.75 Å². The fraction of sp³-hybridized carbons (Fsp3) is 0.304. The summed E-state index contributed by atoms with van der Waals surface area (Å²) in [5.41, 5.74) is 1.83. The molecule has 1 heterocycles. The molecule has 0 bridgehead atoms. The Balaban J connectivity index is 1.78. The van der Waals surface area contributed by atoms with E-state index in [0.717, 1.165) is 29.0 Å². The van der Waals surface area contributed by atoms with Crippen LogP contribution in [0.4, 0.5) is 18.3 Å². The number of hydrogen-bond donors (Lipinski definition) is 1. The van der Waals surface area contributed by atoms with E-state index >= 15 is 0 Å². The standard InChI is InChI=1S/C23H23F3N2O4S2/c1-14(2)12-20(34(30,31)18-10-4-15(3)5-11-18)21(29)28-22-27-19(13-33-22)16-6-8-17(9-7-16)32-23(24,25)26/h4-11,13-14,20H,12H2,1-3H3,(H,27,28,29)/t20-/m0/s1. The largest absolute Gasteiger partial charge is 0.573 e. The van der Waals surface area contributed by atoms with Crippen molar-refractivity contribution in [1.29, 1.82) is 0 Å². The fourth-order valence-corrected chi connectivity index (χ4v) is 5.72. The quantitative estimate of drug-likeness (QED) is 0.410. The molecule has 3 rings (SSSR count). The average molecular weight is 513 g/mol. The first-order valence-electron chi connectivity index (χ1n) is 10.3. The van der Waals surface area contributed by atoms with Crippen LogP contribution in [0, 0.1) is 12.8 Å². The number of anilines is 1. The number of nitrogens with one attached hydrogen (secondary N) is 1. The van der Waals surface area contributed by atoms with Gasteiger partial charge in [0, 0.05) is 10.9 Å². The number of aryl methyl sites for hydroxylation is 1. The van der Waals surface area contributed by atoms with Crippen molar-refractivity contribution in [3.05, 3.63) is 59.5 Å². The van der Waals surface area contributed by atoms with Gasteiger partial charge in [-0.2, -0.15) is 0 Å². The van der Waals surface area contributed by atoms with Gasteiger partial charge in [-0.3, -0.25) is 4.79 Å². The number of sulfone groups is 1. The molecule has 3 aromatic rings. The Morgan fingerprint density at radius 1 is 1.09 bits per heavy atom. The molecule has 0 radical (unpaired) electrons. The molecule has 0 saturated heterocycles. The normalized spacial score (nSPS) is 13.0. The fourth-order valence-electron chi connectivity index (χ4n) is 3.17. The third-order valence-electron chi connectivity index (χ3n) is 4.82. The van der Waals surface area contributed by atoms with Gasteiger partial charge in [0.2, 0.25) is 5.91 Å². The molecule has 1 N–H and O–H groups in total. The number of ether oxygens (including phenoxy) is 1. The number of halogens is 3. The van der Waals surface area contributed by atoms with Gasteiger partial charge in [0.05, 0.1) is 10.6 Å². The molecule has 1 amide bonds. The molecule has 1 atom stereocenters. The number of alkyl halides is 3. The highest BCUT2D eigenvalue weighted by Gasteiger charge is 2.35. The minimum Gasteiger partial charge on any atom is -0.406 e. The van der Waals surface area contributed by atoms with Crippen molar-refractivity contribution in [2.45, 2.75) is 43.7 Å². The van der Waals surface area contributed by atoms with Crippen molar-refractivity contribution in [3.8, 4) is 17.0 Å². The lowest BCUT2D eigenvalue weighted by Crippen LogP contribution is -2.36. The maximum Gasteiger partial charge on any atom is 0.573 e. The third-order valence-corrected chi connectivity index (χ3v) is 7.66. The van der Waals surface area contributed by atoms with Crippen LogP contribution in [0.2, 0.25) is 0 Å². The second-order valence-corrected chi connectivity index (χ2v) is 11.1. The Labute approximate surface area is 199 Å². The topological polar surface area (TPSA) is 85.4 Å². The van der Waals surface area contributed by atoms with E-state index in [9.17, 15) is 26.4 Å². The third kappa shape index (κ3) is 6.57. The lowest BCUT2D eigenvalue weighted by atomic mass is 10.1. The zero-order chi connectivity index (χ0) is 25.1. The van der Waals surface area contributed by atoms with Gasteiger partial charge in [-0.25, -0.2) is 13.4 Å². The molecule has 0 aliphatic heterocycles. The van der Waals surface area contributed by atoms with Gasteiger partial charge in [-0.1, -0.05) is 31.5 Å². The molecule has 0 aliphatic carbocycles. The summed E-state index contributed by atoms with van der Waals surface area (Å²) in [5, 5.41) is 3.07. The number of aromatic nitrogens is 1. The van der Waals surface area contributed by atoms with Crippen LogP contribution in [-0.2, 0) is 14.6 Å². The predicted octanol–water partition coefficient (Wildman–Crippen LogP) is 5.84. The summed E-state index contributed by atoms with van der Waals surface area (Å²) < 4.78 is 67.2. The van der Waals surface area contributed by atoms with Crippen molar-refractivity contribution in [1.82, 2.24) is 4.98 Å². The highest BCUT2D eigenvalue weighted by atomic mass is 32.2. The summed E-state index contributed by atoms with van der Waals surface area (Å²) in [6.45, 7) is 5.50. The van der Waals surface area contributed by atoms with E-state index in [-0.39, 0.29) is 28.1 Å². The number of carbonyl (C=O) groups is 1. The summed E-state index contributed by atoms with van der Waals surface area (Å²) in [6.07, 6.45) is -4.66. The molecule has 0 aliphatic rings. The minimum atomic E-state index is -4.79. The van der Waals surface area contributed by atoms with Crippen LogP contribution in [0.1, 0.15) is 25.8 Å². The number of benzene rings is 2. The van der Waals surface area contributed by atoms with Crippen molar-refractivity contribution >= 4 is 32.2 Å². The van der Waals surface area contributed by atoms with Crippen molar-refractivity contribution in [2.24, 2.45) is 5.92 Å². The predicted molar refractivity (Wildman–Crippen MR) is 124 cm³/mol. The number of nitrogens with zero attached hydrogens (tertiary/aromatic N) is 1. The van der Waals surface area contributed by atoms with E-state index in [1.54, 1.807) is 17.5 Å². The van der Waals surface area contributed by atoms with Gasteiger partial charge >= 0.3 is 6.36 Å². The molecule has 0 unspecified atom stereocenters. The zero-order valence-electron chi connectivity index (χ0n) is 18.6. The van der Waals surface area contributed by atoms with E-state index < -0.39 is 27.4 Å². The Bertz CT molecular complexity index is 1240. The Morgan fingerprint density at radius 3 is 2.26 bits per heavy atom. The van der Waals surface area contributed by atoms with Gasteiger partial charge in [-0.05, 0) is 55.7 Å². The molecule has 0 saturated carbocycles. The number of amides is 1. The number of thiazole rings is 1. The lowest BCUT2D eigenvalue weighted by molar-refractivity contribution is -0.274. The monoisotopic (exact) mass is 512 g/mol. The first-order valence-corrected chi connectivity index (χ1v) is 12.7. The molecular formula is C23H23F3N2O4S2. The van der Waals surface area contributed by atoms with Crippen LogP contribution in [0.3, 0.4) is 0 Å². The molecule has 2 aromatic carbocycles. The van der Waals surface area contributed by atoms with Crippen LogP contribution in [0.15, 0.2) is 58.8 Å². The highest BCUT2D eigenvalue weighted by Crippen LogP contribution is 2.30. The van der Waals surface area contributed by atoms with E-state index in [2.05, 4.69) is 15.0 Å². The van der Waals surface area contributed by atoms with Crippen molar-refractivity contribution in [2.75, 3.05) is 5.32 Å². The van der Waals surface area contributed by atoms with Crippen LogP contribution >= 0.6 is 11.3 Å². The summed E-state index contributed by atoms with van der Waals surface area (Å²) in [6, 6.07) is 11.5. The van der Waals surface area contributed by atoms with Crippen molar-refractivity contribution in [3.63, 3.8) is 0 Å². The van der Waals surface area contributed by atoms with Gasteiger partial charge in [-0.15, -0.1) is 24.5 Å². The summed E-state index contributed by atoms with van der Waals surface area (Å²) in [7, 11) is -3.94. The maximum atomic E-state index is 13.2. The molecule has 34 heavy (non-hydrogen) atoms. The Morgan fingerprint density at radius 2 is 1.71 bits per heavy atom. The highest BCUT2D eigenvalue weighted by molar-refractivity contribution is 7.92. The number of hydrogen-bond acceptors (Lipinski definition) is 6. The molecule has 182 valence electrons. The average Bonchev–Trinajstić information content (AvgIpc) is 3.20. The molecule has 1 aromatic heterocycles. The molecule has 0 spiro atoms. The SMILES string of the molecule is Cc1ccc(S(=O)(=O)[C@@H](CC(C)C)C(=O)Nc2nc(-c3ccc(OC(F)(F)F)cc3)cs2)cc1. The summed E-state index contributed by atoms with van der Waals surface area (Å²) >= 11 is 1.08. The second kappa shape index (κ2) is 10.1. The van der Waals surface area contributed by atoms with Crippen LogP contribution < -0.4 is 10.1 Å². The van der Waals surface area contributed by atoms with Crippen LogP contribution in [0.25, 0.3) is 11.3 Å². The van der Waals surface area contributed by atoms with Gasteiger partial charge in [0.25, 0.3) is 0 Å². The molecule has 6 nitrogen and oxygen atoms in total. The lowest BCUT2D eigenvalue weighted by Gasteiger charge is -2.18. The minimum absolute atomic E-state index is 0.0553. The van der Waals surface area contributed by atoms with Gasteiger partial charge in [0.15, 0.2) is 15.0 Å². The molecule has 11 heteroatoms. The maximum absolute atomic E-state index is 13.2. The molecular weight excluding hydrogens is 489 g/mol. The molecule has 0 fully saturated rings. The van der Waals surface area contributed by atoms with E-state index in [0.29, 0.717) is 11.3 Å². The first-order chi connectivity index (χ1) is 15.8. The summed E-state index contributed by atoms with van der Waals surface area (Å²) in [4.78, 5) is 17.4. The second-order valence-electron chi connectivity index (χ2n) is 8.08. The Kier molecular flexibility index (Phi) is 7.67. The van der Waals surface area contributed by atoms with E-state index in [4.69, 9.17) is 0 Å². The van der Waals surface area contributed by atoms with Crippen molar-refractivity contribution < 1.29 is 31.1 Å². The van der Waals surface area contributed by atoms with E-state index in [1.807, 2.05) is 20.8 Å².